The summed E-state index contributed by atoms with van der Waals surface area (Å²) in [6.07, 6.45) is 1.84. The van der Waals surface area contributed by atoms with E-state index in [1.54, 1.807) is 12.1 Å². The Kier molecular flexibility index (Phi) is 6.80. The summed E-state index contributed by atoms with van der Waals surface area (Å²) < 4.78 is 11.0. The van der Waals surface area contributed by atoms with Gasteiger partial charge in [0.2, 0.25) is 11.8 Å². The molecule has 8 heteroatoms. The van der Waals surface area contributed by atoms with Crippen LogP contribution in [0.1, 0.15) is 61.0 Å². The lowest BCUT2D eigenvalue weighted by Crippen LogP contribution is -2.52. The number of nitrogens with one attached hydrogen (secondary N) is 1. The molecule has 1 saturated heterocycles. The number of rotatable bonds is 6. The van der Waals surface area contributed by atoms with Gasteiger partial charge >= 0.3 is 5.97 Å². The van der Waals surface area contributed by atoms with Gasteiger partial charge in [0, 0.05) is 24.1 Å². The highest BCUT2D eigenvalue weighted by atomic mass is 16.5. The minimum atomic E-state index is -0.648. The SMILES string of the molecule is CC(C)COC(=O)C1CC(OCC#Cc2cccc3c2CN(C2CCC(=O)NC2=O)C3=O)C1. The number of ether oxygens (including phenoxy) is 2. The fourth-order valence-corrected chi connectivity index (χ4v) is 4.25. The van der Waals surface area contributed by atoms with Crippen LogP contribution in [0.25, 0.3) is 0 Å². The van der Waals surface area contributed by atoms with E-state index in [-0.39, 0.29) is 49.4 Å². The van der Waals surface area contributed by atoms with Gasteiger partial charge in [0.05, 0.1) is 18.6 Å². The van der Waals surface area contributed by atoms with E-state index in [9.17, 15) is 19.2 Å². The fourth-order valence-electron chi connectivity index (χ4n) is 4.25. The summed E-state index contributed by atoms with van der Waals surface area (Å²) in [4.78, 5) is 49.9. The third-order valence-corrected chi connectivity index (χ3v) is 6.18. The minimum absolute atomic E-state index is 0.00184. The molecule has 1 unspecified atom stereocenters. The predicted octanol–water partition coefficient (Wildman–Crippen LogP) is 1.79. The third-order valence-electron chi connectivity index (χ3n) is 6.18. The second kappa shape index (κ2) is 9.75. The quantitative estimate of drug-likeness (QED) is 0.401. The third kappa shape index (κ3) is 5.09. The molecule has 0 bridgehead atoms. The van der Waals surface area contributed by atoms with Crippen LogP contribution in [0.5, 0.6) is 0 Å². The maximum absolute atomic E-state index is 12.9. The number of piperidine rings is 1. The van der Waals surface area contributed by atoms with Crippen molar-refractivity contribution in [1.82, 2.24) is 10.2 Å². The molecule has 1 aliphatic carbocycles. The monoisotopic (exact) mass is 452 g/mol. The molecule has 1 N–H and O–H groups in total. The molecule has 1 saturated carbocycles. The topological polar surface area (TPSA) is 102 Å². The summed E-state index contributed by atoms with van der Waals surface area (Å²) in [5.74, 6) is 5.19. The highest BCUT2D eigenvalue weighted by molar-refractivity contribution is 6.05. The fraction of sp³-hybridized carbons (Fsp3) is 0.520. The van der Waals surface area contributed by atoms with E-state index in [4.69, 9.17) is 9.47 Å². The van der Waals surface area contributed by atoms with Crippen molar-refractivity contribution < 1.29 is 28.7 Å². The lowest BCUT2D eigenvalue weighted by atomic mass is 9.82. The molecule has 33 heavy (non-hydrogen) atoms. The zero-order valence-corrected chi connectivity index (χ0v) is 18.9. The van der Waals surface area contributed by atoms with Crippen LogP contribution < -0.4 is 5.32 Å². The number of amides is 3. The van der Waals surface area contributed by atoms with Gasteiger partial charge in [-0.2, -0.15) is 0 Å². The molecule has 2 fully saturated rings. The highest BCUT2D eigenvalue weighted by Crippen LogP contribution is 2.31. The second-order valence-corrected chi connectivity index (χ2v) is 9.16. The van der Waals surface area contributed by atoms with Gasteiger partial charge in [0.25, 0.3) is 5.91 Å². The summed E-state index contributed by atoms with van der Waals surface area (Å²) in [5.41, 5.74) is 2.05. The van der Waals surface area contributed by atoms with Gasteiger partial charge in [0.1, 0.15) is 12.6 Å². The zero-order valence-electron chi connectivity index (χ0n) is 18.9. The Morgan fingerprint density at radius 1 is 1.24 bits per heavy atom. The van der Waals surface area contributed by atoms with Crippen LogP contribution in [0.4, 0.5) is 0 Å². The number of imide groups is 1. The van der Waals surface area contributed by atoms with E-state index in [0.717, 1.165) is 11.1 Å². The van der Waals surface area contributed by atoms with Crippen LogP contribution >= 0.6 is 0 Å². The van der Waals surface area contributed by atoms with Crippen LogP contribution in [-0.4, -0.2) is 54.0 Å². The zero-order chi connectivity index (χ0) is 23.5. The van der Waals surface area contributed by atoms with Crippen molar-refractivity contribution in [3.05, 3.63) is 34.9 Å². The Bertz CT molecular complexity index is 1030. The maximum Gasteiger partial charge on any atom is 0.309 e. The number of carbonyl (C=O) groups excluding carboxylic acids is 4. The van der Waals surface area contributed by atoms with Crippen LogP contribution in [0.3, 0.4) is 0 Å². The number of hydrogen-bond acceptors (Lipinski definition) is 6. The molecule has 1 aromatic carbocycles. The van der Waals surface area contributed by atoms with E-state index in [2.05, 4.69) is 17.2 Å². The Morgan fingerprint density at radius 3 is 2.76 bits per heavy atom. The number of hydrogen-bond donors (Lipinski definition) is 1. The number of nitrogens with zero attached hydrogens (tertiary/aromatic N) is 1. The van der Waals surface area contributed by atoms with E-state index in [1.807, 2.05) is 19.9 Å². The summed E-state index contributed by atoms with van der Waals surface area (Å²) in [7, 11) is 0. The molecule has 3 aliphatic rings. The average molecular weight is 453 g/mol. The first-order chi connectivity index (χ1) is 15.8. The summed E-state index contributed by atoms with van der Waals surface area (Å²) in [6, 6.07) is 4.70. The average Bonchev–Trinajstić information content (AvgIpc) is 3.07. The first kappa shape index (κ1) is 23.0. The van der Waals surface area contributed by atoms with Crippen LogP contribution in [0.2, 0.25) is 0 Å². The Balaban J connectivity index is 1.30. The standard InChI is InChI=1S/C25H28N2O6/c1-15(2)14-33-25(31)17-11-18(12-17)32-10-4-6-16-5-3-7-19-20(16)13-27(24(19)30)21-8-9-22(28)26-23(21)29/h3,5,7,15,17-18,21H,8-14H2,1-2H3,(H,26,28,29). The van der Waals surface area contributed by atoms with Gasteiger partial charge in [0.15, 0.2) is 0 Å². The smallest absolute Gasteiger partial charge is 0.309 e. The molecule has 1 atom stereocenters. The largest absolute Gasteiger partial charge is 0.465 e. The molecule has 2 heterocycles. The molecule has 4 rings (SSSR count). The number of esters is 1. The van der Waals surface area contributed by atoms with Crippen molar-refractivity contribution in [3.63, 3.8) is 0 Å². The lowest BCUT2D eigenvalue weighted by Gasteiger charge is -2.32. The van der Waals surface area contributed by atoms with Crippen molar-refractivity contribution in [2.24, 2.45) is 11.8 Å². The minimum Gasteiger partial charge on any atom is -0.465 e. The van der Waals surface area contributed by atoms with Crippen molar-refractivity contribution in [3.8, 4) is 11.8 Å². The summed E-state index contributed by atoms with van der Waals surface area (Å²) in [6.45, 7) is 4.96. The van der Waals surface area contributed by atoms with Gasteiger partial charge in [-0.15, -0.1) is 0 Å². The molecule has 0 spiro atoms. The molecule has 3 amide bonds. The van der Waals surface area contributed by atoms with Crippen LogP contribution in [0, 0.1) is 23.7 Å². The van der Waals surface area contributed by atoms with Crippen LogP contribution in [-0.2, 0) is 30.4 Å². The number of benzene rings is 1. The molecule has 8 nitrogen and oxygen atoms in total. The van der Waals surface area contributed by atoms with Crippen molar-refractivity contribution in [2.75, 3.05) is 13.2 Å². The van der Waals surface area contributed by atoms with Crippen molar-refractivity contribution in [2.45, 2.75) is 58.2 Å². The summed E-state index contributed by atoms with van der Waals surface area (Å²) in [5, 5.41) is 2.31. The normalized spacial score (nSPS) is 24.0. The molecular formula is C25H28N2O6. The van der Waals surface area contributed by atoms with Gasteiger partial charge in [-0.05, 0) is 42.9 Å². The van der Waals surface area contributed by atoms with Gasteiger partial charge in [-0.25, -0.2) is 0 Å². The van der Waals surface area contributed by atoms with Crippen LogP contribution in [0.15, 0.2) is 18.2 Å². The van der Waals surface area contributed by atoms with Crippen molar-refractivity contribution >= 4 is 23.7 Å². The lowest BCUT2D eigenvalue weighted by molar-refractivity contribution is -0.158. The molecule has 2 aliphatic heterocycles. The number of fused-ring (bicyclic) bond motifs is 1. The molecular weight excluding hydrogens is 424 g/mol. The molecule has 0 aromatic heterocycles. The van der Waals surface area contributed by atoms with Crippen molar-refractivity contribution in [1.29, 1.82) is 0 Å². The Morgan fingerprint density at radius 2 is 2.03 bits per heavy atom. The van der Waals surface area contributed by atoms with Gasteiger partial charge in [-0.1, -0.05) is 31.8 Å². The molecule has 1 aromatic rings. The molecule has 0 radical (unpaired) electrons. The summed E-state index contributed by atoms with van der Waals surface area (Å²) >= 11 is 0. The van der Waals surface area contributed by atoms with Gasteiger partial charge < -0.3 is 14.4 Å². The predicted molar refractivity (Wildman–Crippen MR) is 118 cm³/mol. The highest BCUT2D eigenvalue weighted by Gasteiger charge is 2.40. The molecule has 174 valence electrons. The second-order valence-electron chi connectivity index (χ2n) is 9.16. The first-order valence-corrected chi connectivity index (χ1v) is 11.4. The van der Waals surface area contributed by atoms with E-state index >= 15 is 0 Å². The van der Waals surface area contributed by atoms with E-state index < -0.39 is 11.9 Å². The Labute approximate surface area is 193 Å². The maximum atomic E-state index is 12.9. The number of carbonyl (C=O) groups is 4. The van der Waals surface area contributed by atoms with E-state index in [1.165, 1.54) is 4.90 Å². The van der Waals surface area contributed by atoms with E-state index in [0.29, 0.717) is 37.4 Å². The first-order valence-electron chi connectivity index (χ1n) is 11.4. The Hall–Kier alpha value is -3.18. The van der Waals surface area contributed by atoms with Gasteiger partial charge in [-0.3, -0.25) is 24.5 Å².